The molecule has 0 saturated carbocycles. The quantitative estimate of drug-likeness (QED) is 0.722. The number of furan rings is 1. The molecule has 0 atom stereocenters. The lowest BCUT2D eigenvalue weighted by atomic mass is 10.1. The second-order valence-electron chi connectivity index (χ2n) is 4.44. The van der Waals surface area contributed by atoms with Gasteiger partial charge >= 0.3 is 0 Å². The molecule has 0 unspecified atom stereocenters. The van der Waals surface area contributed by atoms with Crippen LogP contribution in [-0.2, 0) is 6.42 Å². The third-order valence-corrected chi connectivity index (χ3v) is 3.51. The highest BCUT2D eigenvalue weighted by Gasteiger charge is 2.15. The van der Waals surface area contributed by atoms with E-state index in [1.807, 2.05) is 19.9 Å². The molecular weight excluding hydrogens is 320 g/mol. The molecule has 3 nitrogen and oxygen atoms in total. The van der Waals surface area contributed by atoms with Gasteiger partial charge in [-0.15, -0.1) is 0 Å². The topological polar surface area (TPSA) is 39.4 Å². The van der Waals surface area contributed by atoms with Crippen LogP contribution in [0.2, 0.25) is 0 Å². The second-order valence-corrected chi connectivity index (χ2v) is 5.30. The Hall–Kier alpha value is -1.55. The summed E-state index contributed by atoms with van der Waals surface area (Å²) in [4.78, 5) is 12.3. The van der Waals surface area contributed by atoms with E-state index in [0.29, 0.717) is 17.9 Å². The van der Waals surface area contributed by atoms with E-state index >= 15 is 0 Å². The zero-order valence-electron chi connectivity index (χ0n) is 11.6. The van der Waals surface area contributed by atoms with Gasteiger partial charge in [-0.25, -0.2) is 0 Å². The molecule has 20 heavy (non-hydrogen) atoms. The molecule has 0 bridgehead atoms. The van der Waals surface area contributed by atoms with Gasteiger partial charge in [0.1, 0.15) is 11.5 Å². The first-order valence-electron chi connectivity index (χ1n) is 6.71. The van der Waals surface area contributed by atoms with Crippen molar-refractivity contribution in [2.24, 2.45) is 0 Å². The van der Waals surface area contributed by atoms with E-state index in [0.717, 1.165) is 28.8 Å². The number of aryl methyl sites for hydroxylation is 1. The van der Waals surface area contributed by atoms with Gasteiger partial charge in [-0.2, -0.15) is 0 Å². The van der Waals surface area contributed by atoms with Crippen LogP contribution in [-0.4, -0.2) is 12.4 Å². The van der Waals surface area contributed by atoms with Crippen molar-refractivity contribution >= 4 is 21.7 Å². The van der Waals surface area contributed by atoms with Crippen molar-refractivity contribution in [1.82, 2.24) is 0 Å². The van der Waals surface area contributed by atoms with Crippen LogP contribution < -0.4 is 4.74 Å². The predicted octanol–water partition coefficient (Wildman–Crippen LogP) is 4.62. The monoisotopic (exact) mass is 336 g/mol. The standard InChI is InChI=1S/C16H17BrO3/c1-3-9-19-14-7-5-11(10-13(14)17)16(18)15-8-6-12(4-2)20-15/h5-8,10H,3-4,9H2,1-2H3. The highest BCUT2D eigenvalue weighted by atomic mass is 79.9. The van der Waals surface area contributed by atoms with Crippen LogP contribution in [0, 0.1) is 0 Å². The van der Waals surface area contributed by atoms with Gasteiger partial charge in [0.05, 0.1) is 11.1 Å². The van der Waals surface area contributed by atoms with Crippen LogP contribution in [0.1, 0.15) is 42.1 Å². The second kappa shape index (κ2) is 6.75. The molecule has 0 fully saturated rings. The lowest BCUT2D eigenvalue weighted by molar-refractivity contribution is 0.101. The normalized spacial score (nSPS) is 10.6. The lowest BCUT2D eigenvalue weighted by Gasteiger charge is -2.08. The molecule has 106 valence electrons. The number of hydrogen-bond donors (Lipinski definition) is 0. The van der Waals surface area contributed by atoms with Crippen molar-refractivity contribution in [3.8, 4) is 5.75 Å². The first kappa shape index (κ1) is 14.9. The number of hydrogen-bond acceptors (Lipinski definition) is 3. The molecule has 0 radical (unpaired) electrons. The van der Waals surface area contributed by atoms with Crippen LogP contribution in [0.5, 0.6) is 5.75 Å². The molecule has 0 spiro atoms. The van der Waals surface area contributed by atoms with E-state index < -0.39 is 0 Å². The Kier molecular flexibility index (Phi) is 5.01. The van der Waals surface area contributed by atoms with E-state index in [4.69, 9.17) is 9.15 Å². The molecule has 0 aliphatic rings. The lowest BCUT2D eigenvalue weighted by Crippen LogP contribution is -2.01. The predicted molar refractivity (Wildman–Crippen MR) is 81.4 cm³/mol. The van der Waals surface area contributed by atoms with Crippen LogP contribution in [0.15, 0.2) is 39.2 Å². The first-order valence-corrected chi connectivity index (χ1v) is 7.50. The number of ether oxygens (including phenoxy) is 1. The summed E-state index contributed by atoms with van der Waals surface area (Å²) in [5.41, 5.74) is 0.581. The third-order valence-electron chi connectivity index (χ3n) is 2.89. The Balaban J connectivity index is 2.20. The van der Waals surface area contributed by atoms with Crippen LogP contribution >= 0.6 is 15.9 Å². The van der Waals surface area contributed by atoms with E-state index in [1.165, 1.54) is 0 Å². The van der Waals surface area contributed by atoms with Gasteiger partial charge < -0.3 is 9.15 Å². The van der Waals surface area contributed by atoms with Crippen molar-refractivity contribution in [1.29, 1.82) is 0 Å². The van der Waals surface area contributed by atoms with Gasteiger partial charge in [0.25, 0.3) is 0 Å². The van der Waals surface area contributed by atoms with Crippen LogP contribution in [0.4, 0.5) is 0 Å². The number of carbonyl (C=O) groups is 1. The molecule has 1 heterocycles. The molecule has 0 aliphatic heterocycles. The van der Waals surface area contributed by atoms with Gasteiger partial charge in [-0.1, -0.05) is 13.8 Å². The summed E-state index contributed by atoms with van der Waals surface area (Å²) in [6, 6.07) is 8.88. The Morgan fingerprint density at radius 1 is 1.25 bits per heavy atom. The van der Waals surface area contributed by atoms with Crippen molar-refractivity contribution in [2.75, 3.05) is 6.61 Å². The summed E-state index contributed by atoms with van der Waals surface area (Å²) < 4.78 is 11.8. The molecule has 0 aliphatic carbocycles. The number of carbonyl (C=O) groups excluding carboxylic acids is 1. The van der Waals surface area contributed by atoms with E-state index in [2.05, 4.69) is 15.9 Å². The van der Waals surface area contributed by atoms with Gasteiger partial charge in [0, 0.05) is 12.0 Å². The molecule has 4 heteroatoms. The zero-order valence-corrected chi connectivity index (χ0v) is 13.2. The Morgan fingerprint density at radius 3 is 2.65 bits per heavy atom. The summed E-state index contributed by atoms with van der Waals surface area (Å²) in [6.07, 6.45) is 1.72. The number of ketones is 1. The van der Waals surface area contributed by atoms with Crippen molar-refractivity contribution < 1.29 is 13.9 Å². The fourth-order valence-corrected chi connectivity index (χ4v) is 2.30. The van der Waals surface area contributed by atoms with E-state index in [1.54, 1.807) is 24.3 Å². The van der Waals surface area contributed by atoms with Gasteiger partial charge in [-0.3, -0.25) is 4.79 Å². The van der Waals surface area contributed by atoms with Crippen molar-refractivity contribution in [3.63, 3.8) is 0 Å². The van der Waals surface area contributed by atoms with E-state index in [-0.39, 0.29) is 5.78 Å². The summed E-state index contributed by atoms with van der Waals surface area (Å²) in [7, 11) is 0. The average Bonchev–Trinajstić information content (AvgIpc) is 2.94. The largest absolute Gasteiger partial charge is 0.492 e. The Labute approximate surface area is 127 Å². The first-order chi connectivity index (χ1) is 9.65. The number of rotatable bonds is 6. The molecule has 0 saturated heterocycles. The van der Waals surface area contributed by atoms with E-state index in [9.17, 15) is 4.79 Å². The highest BCUT2D eigenvalue weighted by Crippen LogP contribution is 2.27. The Bertz CT molecular complexity index is 602. The maximum atomic E-state index is 12.3. The Morgan fingerprint density at radius 2 is 2.05 bits per heavy atom. The number of benzene rings is 1. The maximum Gasteiger partial charge on any atom is 0.228 e. The van der Waals surface area contributed by atoms with Crippen LogP contribution in [0.25, 0.3) is 0 Å². The van der Waals surface area contributed by atoms with Gasteiger partial charge in [0.2, 0.25) is 5.78 Å². The minimum absolute atomic E-state index is 0.118. The summed E-state index contributed by atoms with van der Waals surface area (Å²) in [5.74, 6) is 1.82. The molecule has 2 rings (SSSR count). The molecule has 1 aromatic carbocycles. The van der Waals surface area contributed by atoms with Crippen molar-refractivity contribution in [2.45, 2.75) is 26.7 Å². The number of halogens is 1. The molecule has 1 aromatic heterocycles. The molecule has 0 amide bonds. The van der Waals surface area contributed by atoms with Crippen molar-refractivity contribution in [3.05, 3.63) is 51.9 Å². The SMILES string of the molecule is CCCOc1ccc(C(=O)c2ccc(CC)o2)cc1Br. The molecule has 2 aromatic rings. The fraction of sp³-hybridized carbons (Fsp3) is 0.312. The summed E-state index contributed by atoms with van der Waals surface area (Å²) >= 11 is 3.43. The van der Waals surface area contributed by atoms with Crippen LogP contribution in [0.3, 0.4) is 0 Å². The fourth-order valence-electron chi connectivity index (χ4n) is 1.80. The van der Waals surface area contributed by atoms with Gasteiger partial charge in [0.15, 0.2) is 5.76 Å². The summed E-state index contributed by atoms with van der Waals surface area (Å²) in [5, 5.41) is 0. The smallest absolute Gasteiger partial charge is 0.228 e. The minimum Gasteiger partial charge on any atom is -0.492 e. The molecule has 0 N–H and O–H groups in total. The average molecular weight is 337 g/mol. The minimum atomic E-state index is -0.118. The third kappa shape index (κ3) is 3.31. The van der Waals surface area contributed by atoms with Gasteiger partial charge in [-0.05, 0) is 52.7 Å². The zero-order chi connectivity index (χ0) is 14.5. The maximum absolute atomic E-state index is 12.3. The molecular formula is C16H17BrO3. The highest BCUT2D eigenvalue weighted by molar-refractivity contribution is 9.10. The summed E-state index contributed by atoms with van der Waals surface area (Å²) in [6.45, 7) is 4.70.